The minimum Gasteiger partial charge on any atom is -0.339 e. The molecule has 5 nitrogen and oxygen atoms in total. The summed E-state index contributed by atoms with van der Waals surface area (Å²) in [4.78, 5) is 21.2. The van der Waals surface area contributed by atoms with Gasteiger partial charge in [-0.05, 0) is 35.2 Å². The highest BCUT2D eigenvalue weighted by atomic mass is 35.5. The predicted molar refractivity (Wildman–Crippen MR) is 103 cm³/mol. The van der Waals surface area contributed by atoms with E-state index >= 15 is 0 Å². The van der Waals surface area contributed by atoms with Crippen LogP contribution in [-0.4, -0.2) is 51.4 Å². The molecule has 1 aromatic carbocycles. The molecule has 1 aliphatic heterocycles. The Morgan fingerprint density at radius 3 is 2.73 bits per heavy atom. The van der Waals surface area contributed by atoms with Crippen LogP contribution in [0.15, 0.2) is 55.0 Å². The fraction of sp³-hybridized carbons (Fsp3) is 0.300. The van der Waals surface area contributed by atoms with Crippen LogP contribution in [0.2, 0.25) is 5.02 Å². The first-order valence-electron chi connectivity index (χ1n) is 8.82. The van der Waals surface area contributed by atoms with Gasteiger partial charge in [-0.2, -0.15) is 0 Å². The molecular formula is C20H21ClN4O. The lowest BCUT2D eigenvalue weighted by atomic mass is 10.2. The van der Waals surface area contributed by atoms with Crippen molar-refractivity contribution in [3.63, 3.8) is 0 Å². The maximum atomic E-state index is 12.7. The van der Waals surface area contributed by atoms with E-state index in [2.05, 4.69) is 16.0 Å². The third-order valence-corrected chi connectivity index (χ3v) is 5.13. The van der Waals surface area contributed by atoms with Crippen molar-refractivity contribution in [2.45, 2.75) is 13.1 Å². The molecule has 6 heteroatoms. The second-order valence-corrected chi connectivity index (χ2v) is 7.10. The first-order chi connectivity index (χ1) is 12.7. The van der Waals surface area contributed by atoms with Gasteiger partial charge in [0.05, 0.1) is 0 Å². The number of aromatic nitrogens is 2. The molecule has 0 saturated carbocycles. The monoisotopic (exact) mass is 368 g/mol. The molecule has 0 bridgehead atoms. The molecule has 26 heavy (non-hydrogen) atoms. The number of amides is 1. The maximum Gasteiger partial charge on any atom is 0.242 e. The molecule has 0 unspecified atom stereocenters. The lowest BCUT2D eigenvalue weighted by Gasteiger charge is -2.34. The van der Waals surface area contributed by atoms with Crippen molar-refractivity contribution in [2.75, 3.05) is 26.2 Å². The van der Waals surface area contributed by atoms with Crippen molar-refractivity contribution in [3.8, 4) is 0 Å². The zero-order valence-electron chi connectivity index (χ0n) is 14.5. The second kappa shape index (κ2) is 7.48. The third kappa shape index (κ3) is 3.74. The SMILES string of the molecule is O=C(Cn1ccc2ccc(Cl)cc21)N1CCN(Cc2cccnc2)CC1. The van der Waals surface area contributed by atoms with Gasteiger partial charge >= 0.3 is 0 Å². The molecule has 0 radical (unpaired) electrons. The van der Waals surface area contributed by atoms with Crippen LogP contribution in [0.5, 0.6) is 0 Å². The number of fused-ring (bicyclic) bond motifs is 1. The average molecular weight is 369 g/mol. The molecule has 4 rings (SSSR count). The van der Waals surface area contributed by atoms with Gasteiger partial charge in [-0.1, -0.05) is 23.7 Å². The van der Waals surface area contributed by atoms with Crippen LogP contribution in [0.4, 0.5) is 0 Å². The first kappa shape index (κ1) is 17.1. The molecule has 0 spiro atoms. The topological polar surface area (TPSA) is 41.4 Å². The summed E-state index contributed by atoms with van der Waals surface area (Å²) in [7, 11) is 0. The largest absolute Gasteiger partial charge is 0.339 e. The number of rotatable bonds is 4. The highest BCUT2D eigenvalue weighted by molar-refractivity contribution is 6.31. The standard InChI is InChI=1S/C20H21ClN4O/c21-18-4-3-17-5-7-25(19(17)12-18)15-20(26)24-10-8-23(9-11-24)14-16-2-1-6-22-13-16/h1-7,12-13H,8-11,14-15H2. The summed E-state index contributed by atoms with van der Waals surface area (Å²) in [6, 6.07) is 11.8. The minimum atomic E-state index is 0.156. The number of carbonyl (C=O) groups is 1. The van der Waals surface area contributed by atoms with E-state index in [-0.39, 0.29) is 5.91 Å². The Morgan fingerprint density at radius 1 is 1.12 bits per heavy atom. The number of piperazine rings is 1. The second-order valence-electron chi connectivity index (χ2n) is 6.66. The predicted octanol–water partition coefficient (Wildman–Crippen LogP) is 3.03. The van der Waals surface area contributed by atoms with Crippen molar-refractivity contribution < 1.29 is 4.79 Å². The maximum absolute atomic E-state index is 12.7. The van der Waals surface area contributed by atoms with E-state index in [1.54, 1.807) is 6.20 Å². The van der Waals surface area contributed by atoms with E-state index in [9.17, 15) is 4.79 Å². The Balaban J connectivity index is 1.35. The Morgan fingerprint density at radius 2 is 1.96 bits per heavy atom. The quantitative estimate of drug-likeness (QED) is 0.710. The number of hydrogen-bond acceptors (Lipinski definition) is 3. The fourth-order valence-electron chi connectivity index (χ4n) is 3.45. The molecule has 3 aromatic rings. The van der Waals surface area contributed by atoms with Crippen LogP contribution < -0.4 is 0 Å². The molecule has 1 amide bonds. The summed E-state index contributed by atoms with van der Waals surface area (Å²) in [6.45, 7) is 4.54. The molecule has 3 heterocycles. The van der Waals surface area contributed by atoms with Gasteiger partial charge in [0, 0.05) is 61.9 Å². The van der Waals surface area contributed by atoms with E-state index in [0.29, 0.717) is 11.6 Å². The summed E-state index contributed by atoms with van der Waals surface area (Å²) in [5.41, 5.74) is 2.21. The van der Waals surface area contributed by atoms with Crippen molar-refractivity contribution in [1.82, 2.24) is 19.4 Å². The number of nitrogens with zero attached hydrogens (tertiary/aromatic N) is 4. The van der Waals surface area contributed by atoms with Gasteiger partial charge in [0.25, 0.3) is 0 Å². The Hall–Kier alpha value is -2.37. The van der Waals surface area contributed by atoms with E-state index in [1.807, 2.05) is 52.2 Å². The number of benzene rings is 1. The van der Waals surface area contributed by atoms with Gasteiger partial charge in [0.2, 0.25) is 5.91 Å². The van der Waals surface area contributed by atoms with Gasteiger partial charge in [-0.15, -0.1) is 0 Å². The number of pyridine rings is 1. The van der Waals surface area contributed by atoms with Crippen molar-refractivity contribution >= 4 is 28.4 Å². The number of carbonyl (C=O) groups excluding carboxylic acids is 1. The van der Waals surface area contributed by atoms with Crippen molar-refractivity contribution in [2.24, 2.45) is 0 Å². The van der Waals surface area contributed by atoms with E-state index < -0.39 is 0 Å². The smallest absolute Gasteiger partial charge is 0.242 e. The highest BCUT2D eigenvalue weighted by Crippen LogP contribution is 2.20. The molecule has 1 fully saturated rings. The Kier molecular flexibility index (Phi) is 4.91. The molecule has 0 aliphatic carbocycles. The molecule has 1 aliphatic rings. The zero-order chi connectivity index (χ0) is 17.9. The normalized spacial score (nSPS) is 15.5. The summed E-state index contributed by atoms with van der Waals surface area (Å²) in [5.74, 6) is 0.156. The van der Waals surface area contributed by atoms with Crippen LogP contribution in [0.1, 0.15) is 5.56 Å². The Labute approximate surface area is 157 Å². The average Bonchev–Trinajstić information content (AvgIpc) is 3.05. The van der Waals surface area contributed by atoms with E-state index in [1.165, 1.54) is 5.56 Å². The van der Waals surface area contributed by atoms with Gasteiger partial charge in [0.15, 0.2) is 0 Å². The van der Waals surface area contributed by atoms with Crippen molar-refractivity contribution in [3.05, 3.63) is 65.6 Å². The van der Waals surface area contributed by atoms with Gasteiger partial charge in [-0.25, -0.2) is 0 Å². The molecule has 1 saturated heterocycles. The lowest BCUT2D eigenvalue weighted by Crippen LogP contribution is -2.49. The Bertz CT molecular complexity index is 901. The van der Waals surface area contributed by atoms with E-state index in [0.717, 1.165) is 43.6 Å². The van der Waals surface area contributed by atoms with E-state index in [4.69, 9.17) is 11.6 Å². The van der Waals surface area contributed by atoms with Crippen LogP contribution >= 0.6 is 11.6 Å². The van der Waals surface area contributed by atoms with Gasteiger partial charge < -0.3 is 9.47 Å². The van der Waals surface area contributed by atoms with Crippen LogP contribution in [0.25, 0.3) is 10.9 Å². The first-order valence-corrected chi connectivity index (χ1v) is 9.20. The zero-order valence-corrected chi connectivity index (χ0v) is 15.3. The highest BCUT2D eigenvalue weighted by Gasteiger charge is 2.21. The molecule has 0 N–H and O–H groups in total. The molecule has 0 atom stereocenters. The fourth-order valence-corrected chi connectivity index (χ4v) is 3.61. The van der Waals surface area contributed by atoms with Crippen LogP contribution in [0.3, 0.4) is 0 Å². The molecule has 134 valence electrons. The minimum absolute atomic E-state index is 0.156. The molecule has 2 aromatic heterocycles. The van der Waals surface area contributed by atoms with Crippen molar-refractivity contribution in [1.29, 1.82) is 0 Å². The number of hydrogen-bond donors (Lipinski definition) is 0. The van der Waals surface area contributed by atoms with Crippen LogP contribution in [-0.2, 0) is 17.9 Å². The lowest BCUT2D eigenvalue weighted by molar-refractivity contribution is -0.133. The summed E-state index contributed by atoms with van der Waals surface area (Å²) >= 11 is 6.10. The van der Waals surface area contributed by atoms with Gasteiger partial charge in [0.1, 0.15) is 6.54 Å². The summed E-state index contributed by atoms with van der Waals surface area (Å²) in [5, 5.41) is 1.79. The van der Waals surface area contributed by atoms with Crippen LogP contribution in [0, 0.1) is 0 Å². The number of halogens is 1. The third-order valence-electron chi connectivity index (χ3n) is 4.90. The summed E-state index contributed by atoms with van der Waals surface area (Å²) in [6.07, 6.45) is 5.65. The summed E-state index contributed by atoms with van der Waals surface area (Å²) < 4.78 is 1.98. The molecular weight excluding hydrogens is 348 g/mol. The van der Waals surface area contributed by atoms with Gasteiger partial charge in [-0.3, -0.25) is 14.7 Å².